The second-order valence-corrected chi connectivity index (χ2v) is 10.2. The molecule has 0 radical (unpaired) electrons. The van der Waals surface area contributed by atoms with Crippen molar-refractivity contribution in [3.05, 3.63) is 29.8 Å². The molecule has 0 unspecified atom stereocenters. The Morgan fingerprint density at radius 3 is 2.33 bits per heavy atom. The molecule has 0 amide bonds. The van der Waals surface area contributed by atoms with Crippen LogP contribution in [-0.2, 0) is 19.9 Å². The van der Waals surface area contributed by atoms with Crippen LogP contribution in [0, 0.1) is 11.6 Å². The molecule has 0 N–H and O–H groups in total. The van der Waals surface area contributed by atoms with Crippen LogP contribution in [0.15, 0.2) is 23.1 Å². The van der Waals surface area contributed by atoms with E-state index in [0.717, 1.165) is 16.4 Å². The van der Waals surface area contributed by atoms with Crippen LogP contribution in [0.4, 0.5) is 8.78 Å². The van der Waals surface area contributed by atoms with Gasteiger partial charge in [-0.3, -0.25) is 4.90 Å². The number of halogens is 2. The zero-order valence-corrected chi connectivity index (χ0v) is 14.5. The zero-order valence-electron chi connectivity index (χ0n) is 12.9. The van der Waals surface area contributed by atoms with Gasteiger partial charge in [-0.1, -0.05) is 0 Å². The van der Waals surface area contributed by atoms with E-state index in [-0.39, 0.29) is 30.6 Å². The Labute approximate surface area is 140 Å². The Balaban J connectivity index is 1.71. The van der Waals surface area contributed by atoms with Gasteiger partial charge in [0.1, 0.15) is 16.5 Å². The second-order valence-electron chi connectivity index (χ2n) is 6.07. The first-order chi connectivity index (χ1) is 11.2. The van der Waals surface area contributed by atoms with Crippen molar-refractivity contribution in [3.8, 4) is 0 Å². The van der Waals surface area contributed by atoms with E-state index in [0.29, 0.717) is 25.6 Å². The quantitative estimate of drug-likeness (QED) is 0.762. The molecule has 6 nitrogen and oxygen atoms in total. The number of sulfone groups is 1. The minimum atomic E-state index is -4.11. The molecule has 0 bridgehead atoms. The Bertz CT molecular complexity index is 834. The first-order valence-electron chi connectivity index (χ1n) is 7.59. The van der Waals surface area contributed by atoms with Crippen molar-refractivity contribution < 1.29 is 25.6 Å². The van der Waals surface area contributed by atoms with Gasteiger partial charge in [0.25, 0.3) is 0 Å². The summed E-state index contributed by atoms with van der Waals surface area (Å²) >= 11 is 0. The summed E-state index contributed by atoms with van der Waals surface area (Å²) in [5, 5.41) is 0. The number of rotatable bonds is 3. The van der Waals surface area contributed by atoms with E-state index in [9.17, 15) is 25.6 Å². The highest BCUT2D eigenvalue weighted by Crippen LogP contribution is 2.24. The molecular formula is C14H18F2N2O4S2. The average molecular weight is 380 g/mol. The lowest BCUT2D eigenvalue weighted by atomic mass is 10.2. The standard InChI is InChI=1S/C14H18F2N2O4S2/c15-11-1-2-13(16)14(9-11)24(21,22)18-6-4-17(5-7-18)12-3-8-23(19,20)10-12/h1-2,9,12H,3-8,10H2/t12-/m0/s1. The molecule has 24 heavy (non-hydrogen) atoms. The number of sulfonamides is 1. The molecule has 2 aliphatic rings. The van der Waals surface area contributed by atoms with Crippen LogP contribution in [0.25, 0.3) is 0 Å². The molecule has 1 atom stereocenters. The highest BCUT2D eigenvalue weighted by Gasteiger charge is 2.36. The number of hydrogen-bond acceptors (Lipinski definition) is 5. The molecule has 2 fully saturated rings. The Hall–Kier alpha value is -1.10. The normalized spacial score (nSPS) is 25.8. The van der Waals surface area contributed by atoms with Crippen molar-refractivity contribution in [2.75, 3.05) is 37.7 Å². The van der Waals surface area contributed by atoms with Gasteiger partial charge in [-0.05, 0) is 24.6 Å². The van der Waals surface area contributed by atoms with Gasteiger partial charge >= 0.3 is 0 Å². The van der Waals surface area contributed by atoms with Crippen LogP contribution < -0.4 is 0 Å². The minimum Gasteiger partial charge on any atom is -0.297 e. The monoisotopic (exact) mass is 380 g/mol. The molecule has 1 aromatic rings. The number of piperazine rings is 1. The van der Waals surface area contributed by atoms with Crippen molar-refractivity contribution in [1.29, 1.82) is 0 Å². The lowest BCUT2D eigenvalue weighted by molar-refractivity contribution is 0.148. The predicted octanol–water partition coefficient (Wildman–Crippen LogP) is 0.458. The van der Waals surface area contributed by atoms with Gasteiger partial charge in [-0.25, -0.2) is 25.6 Å². The van der Waals surface area contributed by atoms with Gasteiger partial charge in [0, 0.05) is 32.2 Å². The maximum absolute atomic E-state index is 13.8. The molecule has 2 heterocycles. The van der Waals surface area contributed by atoms with E-state index in [4.69, 9.17) is 0 Å². The van der Waals surface area contributed by atoms with Crippen LogP contribution in [-0.4, -0.2) is 69.8 Å². The first-order valence-corrected chi connectivity index (χ1v) is 10.8. The van der Waals surface area contributed by atoms with Crippen molar-refractivity contribution in [2.45, 2.75) is 17.4 Å². The van der Waals surface area contributed by atoms with Crippen molar-refractivity contribution >= 4 is 19.9 Å². The summed E-state index contributed by atoms with van der Waals surface area (Å²) < 4.78 is 76.3. The molecule has 10 heteroatoms. The van der Waals surface area contributed by atoms with Gasteiger partial charge in [0.15, 0.2) is 9.84 Å². The second kappa shape index (κ2) is 6.32. The first kappa shape index (κ1) is 17.7. The van der Waals surface area contributed by atoms with Gasteiger partial charge in [-0.15, -0.1) is 0 Å². The van der Waals surface area contributed by atoms with E-state index in [2.05, 4.69) is 0 Å². The molecule has 0 saturated carbocycles. The summed E-state index contributed by atoms with van der Waals surface area (Å²) in [7, 11) is -7.12. The van der Waals surface area contributed by atoms with Crippen molar-refractivity contribution in [2.24, 2.45) is 0 Å². The molecule has 2 aliphatic heterocycles. The maximum atomic E-state index is 13.8. The summed E-state index contributed by atoms with van der Waals surface area (Å²) in [5.41, 5.74) is 0. The Morgan fingerprint density at radius 2 is 1.75 bits per heavy atom. The Morgan fingerprint density at radius 1 is 1.08 bits per heavy atom. The fraction of sp³-hybridized carbons (Fsp3) is 0.571. The van der Waals surface area contributed by atoms with Crippen LogP contribution in [0.3, 0.4) is 0 Å². The molecule has 0 spiro atoms. The average Bonchev–Trinajstić information content (AvgIpc) is 2.90. The van der Waals surface area contributed by atoms with Crippen LogP contribution >= 0.6 is 0 Å². The number of benzene rings is 1. The topological polar surface area (TPSA) is 74.8 Å². The van der Waals surface area contributed by atoms with Crippen LogP contribution in [0.2, 0.25) is 0 Å². The Kier molecular flexibility index (Phi) is 4.67. The summed E-state index contributed by atoms with van der Waals surface area (Å²) in [6.07, 6.45) is 0.549. The molecule has 3 rings (SSSR count). The van der Waals surface area contributed by atoms with E-state index in [1.165, 1.54) is 0 Å². The summed E-state index contributed by atoms with van der Waals surface area (Å²) in [6.45, 7) is 0.983. The lowest BCUT2D eigenvalue weighted by Crippen LogP contribution is -2.52. The fourth-order valence-corrected chi connectivity index (χ4v) is 6.45. The lowest BCUT2D eigenvalue weighted by Gasteiger charge is -2.36. The largest absolute Gasteiger partial charge is 0.297 e. The van der Waals surface area contributed by atoms with E-state index < -0.39 is 36.4 Å². The van der Waals surface area contributed by atoms with E-state index in [1.54, 1.807) is 0 Å². The van der Waals surface area contributed by atoms with Crippen molar-refractivity contribution in [1.82, 2.24) is 9.21 Å². The molecule has 0 aliphatic carbocycles. The third kappa shape index (κ3) is 3.46. The van der Waals surface area contributed by atoms with Crippen LogP contribution in [0.1, 0.15) is 6.42 Å². The summed E-state index contributed by atoms with van der Waals surface area (Å²) in [5.74, 6) is -1.55. The highest BCUT2D eigenvalue weighted by molar-refractivity contribution is 7.91. The predicted molar refractivity (Wildman–Crippen MR) is 83.7 cm³/mol. The molecule has 2 saturated heterocycles. The van der Waals surface area contributed by atoms with Gasteiger partial charge in [0.2, 0.25) is 10.0 Å². The van der Waals surface area contributed by atoms with Crippen molar-refractivity contribution in [3.63, 3.8) is 0 Å². The summed E-state index contributed by atoms with van der Waals surface area (Å²) in [6, 6.07) is 2.25. The number of hydrogen-bond donors (Lipinski definition) is 0. The SMILES string of the molecule is O=S1(=O)CC[C@H](N2CCN(S(=O)(=O)c3cc(F)ccc3F)CC2)C1. The maximum Gasteiger partial charge on any atom is 0.246 e. The number of nitrogens with zero attached hydrogens (tertiary/aromatic N) is 2. The van der Waals surface area contributed by atoms with Gasteiger partial charge in [-0.2, -0.15) is 4.31 Å². The molecule has 134 valence electrons. The van der Waals surface area contributed by atoms with Crippen LogP contribution in [0.5, 0.6) is 0 Å². The zero-order chi connectivity index (χ0) is 17.5. The fourth-order valence-electron chi connectivity index (χ4n) is 3.19. The summed E-state index contributed by atoms with van der Waals surface area (Å²) in [4.78, 5) is 1.29. The van der Waals surface area contributed by atoms with Gasteiger partial charge < -0.3 is 0 Å². The molecule has 0 aromatic heterocycles. The van der Waals surface area contributed by atoms with E-state index >= 15 is 0 Å². The third-order valence-electron chi connectivity index (χ3n) is 4.51. The smallest absolute Gasteiger partial charge is 0.246 e. The highest BCUT2D eigenvalue weighted by atomic mass is 32.2. The van der Waals surface area contributed by atoms with Gasteiger partial charge in [0.05, 0.1) is 11.5 Å². The molecular weight excluding hydrogens is 362 g/mol. The third-order valence-corrected chi connectivity index (χ3v) is 8.17. The van der Waals surface area contributed by atoms with E-state index in [1.807, 2.05) is 4.90 Å². The molecule has 1 aromatic carbocycles. The minimum absolute atomic E-state index is 0.0919.